The number of fused-ring (bicyclic) bond motifs is 3. The number of halogens is 2. The van der Waals surface area contributed by atoms with Crippen LogP contribution < -0.4 is 5.32 Å². The number of aliphatic hydroxyl groups is 3. The van der Waals surface area contributed by atoms with Crippen LogP contribution in [0.1, 0.15) is 259 Å². The molecular weight excluding hydrogens is 1870 g/mol. The second-order valence-electron chi connectivity index (χ2n) is 37.9. The van der Waals surface area contributed by atoms with Gasteiger partial charge in [0.2, 0.25) is 0 Å². The number of carbonyl (C=O) groups excluding carboxylic acids is 8. The lowest BCUT2D eigenvalue weighted by molar-refractivity contribution is 0.0539. The van der Waals surface area contributed by atoms with Crippen LogP contribution in [0.25, 0.3) is 50.4 Å². The Morgan fingerprint density at radius 3 is 0.986 bits per heavy atom. The monoisotopic (exact) mass is 2010 g/mol. The van der Waals surface area contributed by atoms with Crippen LogP contribution in [0, 0.1) is 26.6 Å². The molecule has 764 valence electrons. The molecule has 9 aromatic carbocycles. The Labute approximate surface area is 855 Å². The zero-order valence-electron chi connectivity index (χ0n) is 85.6. The van der Waals surface area contributed by atoms with Gasteiger partial charge in [-0.1, -0.05) is 207 Å². The number of sulfone groups is 1. The Bertz CT molecular complexity index is 6760. The first-order chi connectivity index (χ1) is 69.8. The van der Waals surface area contributed by atoms with Crippen molar-refractivity contribution in [2.75, 3.05) is 86.0 Å². The first kappa shape index (κ1) is 109. The number of hydrogen-bond acceptors (Lipinski definition) is 16. The van der Waals surface area contributed by atoms with Gasteiger partial charge in [0.15, 0.2) is 26.9 Å². The van der Waals surface area contributed by atoms with Crippen LogP contribution in [0.5, 0.6) is 0 Å². The average Bonchev–Trinajstić information content (AvgIpc) is 1.76. The molecule has 145 heavy (non-hydrogen) atoms. The maximum Gasteiger partial charge on any atom is 0.274 e. The summed E-state index contributed by atoms with van der Waals surface area (Å²) in [6.45, 7) is 24.7. The van der Waals surface area contributed by atoms with Crippen molar-refractivity contribution < 1.29 is 66.5 Å². The van der Waals surface area contributed by atoms with Gasteiger partial charge in [-0.05, 0) is 243 Å². The number of nitrogens with one attached hydrogen (secondary N) is 1. The molecule has 0 bridgehead atoms. The van der Waals surface area contributed by atoms with Gasteiger partial charge in [0.25, 0.3) is 47.3 Å². The molecule has 0 spiro atoms. The van der Waals surface area contributed by atoms with Gasteiger partial charge in [0.1, 0.15) is 5.82 Å². The standard InChI is InChI=1S/C39H46ClN5O4.C39H46FN5O4.C37H44N4O5S/c1-6-8-18-43(19-9-7-2)39(49)35-20-26(3)45(41-35)36-17-15-29(28-14-16-34(40)32(22-28)37(47)42(4)5)23-33(36)38(48)44-24-30-13-11-10-12-27(30)21-31(44)25-46;1-5-8-18-43(19-9-6-2)39(49)35-20-26(4)45(42-35)36-17-15-28(29-14-16-32(34(40)23-29)37(47)41-7-3)22-33(36)38(48)44-24-30-13-11-10-12-27(30)21-31(44)25-46;1-5-7-18-39(19-8-6-2)37(44)34-20-26(3)41(38-34)35-17-16-29(28-14-11-15-32(22-28)47(4,45)46)23-33(35)36(43)40-24-30-13-10-9-12-27(30)21-31(40)25-42/h10-17,20,22-23,31,46H,6-9,18-19,21,24-25H2,1-5H3;10-17,20,22-23,31,46H,5-9,18-19,21,24-25H2,1-4H3,(H,41,47);9-17,20,22-23,31,42H,5-8,18-19,21,24-25H2,1-4H3/t3*31-/m000/s1. The van der Waals surface area contributed by atoms with E-state index in [1.807, 2.05) is 139 Å². The summed E-state index contributed by atoms with van der Waals surface area (Å²) in [7, 11) is -0.110. The van der Waals surface area contributed by atoms with E-state index in [4.69, 9.17) is 26.9 Å². The normalized spacial score (nSPS) is 14.2. The highest BCUT2D eigenvalue weighted by atomic mass is 35.5. The van der Waals surface area contributed by atoms with E-state index in [0.29, 0.717) is 197 Å². The van der Waals surface area contributed by atoms with Crippen molar-refractivity contribution in [2.24, 2.45) is 0 Å². The fraction of sp³-hybridized carbons (Fsp3) is 0.383. The van der Waals surface area contributed by atoms with Crippen molar-refractivity contribution in [3.05, 3.63) is 312 Å². The minimum atomic E-state index is -3.45. The molecule has 8 amide bonds. The summed E-state index contributed by atoms with van der Waals surface area (Å²) in [5.74, 6) is -2.68. The highest BCUT2D eigenvalue weighted by Crippen LogP contribution is 2.38. The van der Waals surface area contributed by atoms with Crippen LogP contribution in [-0.4, -0.2) is 239 Å². The van der Waals surface area contributed by atoms with Gasteiger partial charge >= 0.3 is 0 Å². The fourth-order valence-electron chi connectivity index (χ4n) is 18.8. The van der Waals surface area contributed by atoms with E-state index in [9.17, 15) is 62.1 Å². The number of hydrogen-bond donors (Lipinski definition) is 4. The molecule has 0 unspecified atom stereocenters. The second kappa shape index (κ2) is 50.3. The van der Waals surface area contributed by atoms with Crippen molar-refractivity contribution in [1.82, 2.24) is 69.0 Å². The topological polar surface area (TPSA) is 320 Å². The summed E-state index contributed by atoms with van der Waals surface area (Å²) >= 11 is 6.43. The Hall–Kier alpha value is -13.6. The van der Waals surface area contributed by atoms with Crippen molar-refractivity contribution >= 4 is 68.7 Å². The number of benzene rings is 9. The Morgan fingerprint density at radius 2 is 0.683 bits per heavy atom. The zero-order valence-corrected chi connectivity index (χ0v) is 87.1. The number of unbranched alkanes of at least 4 members (excludes halogenated alkanes) is 6. The van der Waals surface area contributed by atoms with E-state index in [0.717, 1.165) is 110 Å². The third-order valence-electron chi connectivity index (χ3n) is 27.1. The third kappa shape index (κ3) is 25.7. The molecule has 0 saturated carbocycles. The molecule has 0 fully saturated rings. The van der Waals surface area contributed by atoms with Crippen molar-refractivity contribution in [1.29, 1.82) is 0 Å². The zero-order chi connectivity index (χ0) is 104. The Morgan fingerprint density at radius 1 is 0.379 bits per heavy atom. The molecule has 12 aromatic rings. The number of aromatic nitrogens is 6. The van der Waals surface area contributed by atoms with E-state index in [-0.39, 0.29) is 71.6 Å². The minimum Gasteiger partial charge on any atom is -0.394 e. The molecule has 30 heteroatoms. The molecule has 6 heterocycles. The van der Waals surface area contributed by atoms with E-state index >= 15 is 4.39 Å². The molecule has 3 aliphatic heterocycles. The van der Waals surface area contributed by atoms with Crippen LogP contribution in [0.15, 0.2) is 211 Å². The Balaban J connectivity index is 0.000000182. The highest BCUT2D eigenvalue weighted by molar-refractivity contribution is 7.90. The van der Waals surface area contributed by atoms with E-state index in [1.165, 1.54) is 23.3 Å². The molecule has 0 aliphatic carbocycles. The summed E-state index contributed by atoms with van der Waals surface area (Å²) in [5.41, 5.74) is 16.0. The van der Waals surface area contributed by atoms with E-state index in [2.05, 4.69) is 46.9 Å². The van der Waals surface area contributed by atoms with Gasteiger partial charge in [-0.25, -0.2) is 26.9 Å². The number of rotatable bonds is 37. The maximum absolute atomic E-state index is 15.2. The van der Waals surface area contributed by atoms with Crippen molar-refractivity contribution in [3.63, 3.8) is 0 Å². The quantitative estimate of drug-likeness (QED) is 0.0281. The van der Waals surface area contributed by atoms with Crippen molar-refractivity contribution in [3.8, 4) is 50.4 Å². The fourth-order valence-corrected chi connectivity index (χ4v) is 19.7. The van der Waals surface area contributed by atoms with Crippen molar-refractivity contribution in [2.45, 2.75) is 208 Å². The number of nitrogens with zero attached hydrogens (tertiary/aromatic N) is 13. The van der Waals surface area contributed by atoms with E-state index < -0.39 is 39.7 Å². The summed E-state index contributed by atoms with van der Waals surface area (Å²) in [5, 5.41) is 48.5. The molecule has 4 N–H and O–H groups in total. The van der Waals surface area contributed by atoms with Crippen LogP contribution in [0.2, 0.25) is 5.02 Å². The largest absolute Gasteiger partial charge is 0.394 e. The first-order valence-electron chi connectivity index (χ1n) is 50.7. The lowest BCUT2D eigenvalue weighted by atomic mass is 9.93. The number of carbonyl (C=O) groups is 8. The van der Waals surface area contributed by atoms with Crippen LogP contribution in [0.3, 0.4) is 0 Å². The lowest BCUT2D eigenvalue weighted by Crippen LogP contribution is -2.46. The highest BCUT2D eigenvalue weighted by Gasteiger charge is 2.38. The summed E-state index contributed by atoms with van der Waals surface area (Å²) in [4.78, 5) is 123. The predicted octanol–water partition coefficient (Wildman–Crippen LogP) is 19.0. The minimum absolute atomic E-state index is 0.0624. The number of aliphatic hydroxyl groups excluding tert-OH is 3. The molecule has 27 nitrogen and oxygen atoms in total. The molecule has 3 aromatic heterocycles. The molecule has 0 radical (unpaired) electrons. The Kier molecular flexibility index (Phi) is 37.7. The third-order valence-corrected chi connectivity index (χ3v) is 28.6. The number of amides is 8. The van der Waals surface area contributed by atoms with Crippen LogP contribution in [-0.2, 0) is 48.7 Å². The summed E-state index contributed by atoms with van der Waals surface area (Å²) in [6, 6.07) is 60.2. The van der Waals surface area contributed by atoms with Crippen LogP contribution >= 0.6 is 11.6 Å². The van der Waals surface area contributed by atoms with Gasteiger partial charge in [-0.2, -0.15) is 15.3 Å². The first-order valence-corrected chi connectivity index (χ1v) is 53.0. The van der Waals surface area contributed by atoms with E-state index in [1.54, 1.807) is 141 Å². The van der Waals surface area contributed by atoms with Crippen LogP contribution in [0.4, 0.5) is 4.39 Å². The smallest absolute Gasteiger partial charge is 0.274 e. The molecule has 3 aliphatic rings. The molecule has 3 atom stereocenters. The van der Waals surface area contributed by atoms with Gasteiger partial charge in [-0.15, -0.1) is 0 Å². The lowest BCUT2D eigenvalue weighted by Gasteiger charge is -2.36. The maximum atomic E-state index is 15.2. The molecule has 0 saturated heterocycles. The SMILES string of the molecule is CCCCN(CCCC)C(=O)c1cc(C)n(-c2ccc(-c3ccc(C(=O)NCC)c(F)c3)cc2C(=O)N2Cc3ccccc3C[C@H]2CO)n1.CCCCN(CCCC)C(=O)c1cc(C)n(-c2ccc(-c3ccc(Cl)c(C(=O)N(C)C)c3)cc2C(=O)N2Cc3ccccc3C[C@H]2CO)n1.CCCCN(CCCC)C(=O)c1cc(C)n(-c2ccc(-c3cccc(S(C)(=O)=O)c3)cc2C(=O)N2Cc3ccccc3C[C@H]2CO)n1. The van der Waals surface area contributed by atoms with Gasteiger partial charge in [-0.3, -0.25) is 38.4 Å². The molecular formula is C115H136ClFN14O13S. The predicted molar refractivity (Wildman–Crippen MR) is 565 cm³/mol. The summed E-state index contributed by atoms with van der Waals surface area (Å²) < 4.78 is 44.8. The molecule has 15 rings (SSSR count). The number of aryl methyl sites for hydroxylation is 3. The second-order valence-corrected chi connectivity index (χ2v) is 40.3. The van der Waals surface area contributed by atoms with Gasteiger partial charge < -0.3 is 54.9 Å². The summed E-state index contributed by atoms with van der Waals surface area (Å²) in [6.07, 6.45) is 14.0. The average molecular weight is 2010 g/mol. The van der Waals surface area contributed by atoms with Gasteiger partial charge in [0, 0.05) is 103 Å². The van der Waals surface area contributed by atoms with Gasteiger partial charge in [0.05, 0.1) is 92.7 Å².